The van der Waals surface area contributed by atoms with Gasteiger partial charge in [0.25, 0.3) is 0 Å². The first-order chi connectivity index (χ1) is 8.54. The molecule has 2 rings (SSSR count). The lowest BCUT2D eigenvalue weighted by molar-refractivity contribution is 0.620. The van der Waals surface area contributed by atoms with Crippen LogP contribution in [0.2, 0.25) is 0 Å². The first kappa shape index (κ1) is 13.3. The molecule has 1 aromatic rings. The van der Waals surface area contributed by atoms with Crippen LogP contribution in [0.15, 0.2) is 12.1 Å². The van der Waals surface area contributed by atoms with Crippen LogP contribution in [0.25, 0.3) is 0 Å². The van der Waals surface area contributed by atoms with Crippen molar-refractivity contribution in [1.82, 2.24) is 4.98 Å². The Hall–Kier alpha value is -1.16. The standard InChI is InChI=1S/C14H21N3S/c1-4-11-7-6-10(3)17(11)14-12(13(15)18)8-5-9(2)16-14/h5,8,10-11H,4,6-7H2,1-3H3,(H2,15,18). The summed E-state index contributed by atoms with van der Waals surface area (Å²) in [5.74, 6) is 0.972. The van der Waals surface area contributed by atoms with Gasteiger partial charge in [0.1, 0.15) is 10.8 Å². The van der Waals surface area contributed by atoms with Crippen molar-refractivity contribution in [2.75, 3.05) is 4.90 Å². The SMILES string of the molecule is CCC1CCC(C)N1c1nc(C)ccc1C(N)=S. The molecule has 0 amide bonds. The summed E-state index contributed by atoms with van der Waals surface area (Å²) in [6.45, 7) is 6.49. The molecule has 1 fully saturated rings. The predicted octanol–water partition coefficient (Wildman–Crippen LogP) is 2.79. The van der Waals surface area contributed by atoms with E-state index < -0.39 is 0 Å². The number of nitrogens with two attached hydrogens (primary N) is 1. The second-order valence-electron chi connectivity index (χ2n) is 5.08. The van der Waals surface area contributed by atoms with Gasteiger partial charge in [0.15, 0.2) is 0 Å². The highest BCUT2D eigenvalue weighted by atomic mass is 32.1. The molecular formula is C14H21N3S. The quantitative estimate of drug-likeness (QED) is 0.852. The molecule has 2 N–H and O–H groups in total. The van der Waals surface area contributed by atoms with Crippen molar-refractivity contribution in [3.8, 4) is 0 Å². The van der Waals surface area contributed by atoms with Crippen LogP contribution >= 0.6 is 12.2 Å². The largest absolute Gasteiger partial charge is 0.389 e. The second-order valence-corrected chi connectivity index (χ2v) is 5.52. The van der Waals surface area contributed by atoms with Gasteiger partial charge in [0.2, 0.25) is 0 Å². The number of nitrogens with zero attached hydrogens (tertiary/aromatic N) is 2. The summed E-state index contributed by atoms with van der Waals surface area (Å²) in [6.07, 6.45) is 3.58. The summed E-state index contributed by atoms with van der Waals surface area (Å²) in [5.41, 5.74) is 7.75. The highest BCUT2D eigenvalue weighted by Gasteiger charge is 2.32. The minimum absolute atomic E-state index is 0.437. The van der Waals surface area contributed by atoms with Gasteiger partial charge >= 0.3 is 0 Å². The molecular weight excluding hydrogens is 242 g/mol. The van der Waals surface area contributed by atoms with E-state index in [4.69, 9.17) is 18.0 Å². The summed E-state index contributed by atoms with van der Waals surface area (Å²) in [4.78, 5) is 7.52. The lowest BCUT2D eigenvalue weighted by Crippen LogP contribution is -2.36. The average Bonchev–Trinajstić information content (AvgIpc) is 2.69. The Labute approximate surface area is 114 Å². The first-order valence-electron chi connectivity index (χ1n) is 6.60. The van der Waals surface area contributed by atoms with Crippen LogP contribution in [0.1, 0.15) is 44.4 Å². The number of rotatable bonds is 3. The molecule has 0 saturated carbocycles. The van der Waals surface area contributed by atoms with E-state index in [0.717, 1.165) is 23.5 Å². The van der Waals surface area contributed by atoms with Gasteiger partial charge in [-0.05, 0) is 45.2 Å². The lowest BCUT2D eigenvalue weighted by Gasteiger charge is -2.31. The Bertz CT molecular complexity index is 458. The van der Waals surface area contributed by atoms with Crippen LogP contribution in [0.5, 0.6) is 0 Å². The summed E-state index contributed by atoms with van der Waals surface area (Å²) in [6, 6.07) is 5.04. The van der Waals surface area contributed by atoms with E-state index in [1.54, 1.807) is 0 Å². The number of anilines is 1. The fraction of sp³-hybridized carbons (Fsp3) is 0.571. The van der Waals surface area contributed by atoms with Gasteiger partial charge in [-0.2, -0.15) is 0 Å². The highest BCUT2D eigenvalue weighted by Crippen LogP contribution is 2.33. The third-order valence-electron chi connectivity index (χ3n) is 3.78. The van der Waals surface area contributed by atoms with Gasteiger partial charge in [0, 0.05) is 17.8 Å². The summed E-state index contributed by atoms with van der Waals surface area (Å²) in [7, 11) is 0. The molecule has 2 unspecified atom stereocenters. The zero-order valence-corrected chi connectivity index (χ0v) is 12.1. The Balaban J connectivity index is 2.48. The Morgan fingerprint density at radius 3 is 2.83 bits per heavy atom. The molecule has 18 heavy (non-hydrogen) atoms. The maximum Gasteiger partial charge on any atom is 0.139 e. The van der Waals surface area contributed by atoms with E-state index in [1.807, 2.05) is 19.1 Å². The van der Waals surface area contributed by atoms with E-state index in [1.165, 1.54) is 12.8 Å². The van der Waals surface area contributed by atoms with E-state index in [-0.39, 0.29) is 0 Å². The molecule has 0 aromatic carbocycles. The number of aromatic nitrogens is 1. The maximum absolute atomic E-state index is 5.83. The molecule has 1 aromatic heterocycles. The van der Waals surface area contributed by atoms with Crippen molar-refractivity contribution in [2.24, 2.45) is 5.73 Å². The summed E-state index contributed by atoms with van der Waals surface area (Å²) >= 11 is 5.15. The molecule has 0 aliphatic carbocycles. The number of aryl methyl sites for hydroxylation is 1. The molecule has 0 radical (unpaired) electrons. The van der Waals surface area contributed by atoms with Gasteiger partial charge in [-0.1, -0.05) is 19.1 Å². The van der Waals surface area contributed by atoms with Crippen LogP contribution in [0, 0.1) is 6.92 Å². The number of pyridine rings is 1. The minimum atomic E-state index is 0.437. The second kappa shape index (κ2) is 5.22. The fourth-order valence-corrected chi connectivity index (χ4v) is 2.95. The zero-order valence-electron chi connectivity index (χ0n) is 11.3. The van der Waals surface area contributed by atoms with Crippen molar-refractivity contribution in [3.05, 3.63) is 23.4 Å². The monoisotopic (exact) mass is 263 g/mol. The van der Waals surface area contributed by atoms with Gasteiger partial charge in [0.05, 0.1) is 5.56 Å². The van der Waals surface area contributed by atoms with E-state index in [9.17, 15) is 0 Å². The van der Waals surface area contributed by atoms with E-state index in [0.29, 0.717) is 17.1 Å². The van der Waals surface area contributed by atoms with Crippen LogP contribution in [-0.2, 0) is 0 Å². The number of hydrogen-bond acceptors (Lipinski definition) is 3. The molecule has 98 valence electrons. The predicted molar refractivity (Wildman–Crippen MR) is 80.1 cm³/mol. The lowest BCUT2D eigenvalue weighted by atomic mass is 10.1. The highest BCUT2D eigenvalue weighted by molar-refractivity contribution is 7.80. The normalized spacial score (nSPS) is 23.4. The van der Waals surface area contributed by atoms with Crippen molar-refractivity contribution in [2.45, 2.75) is 52.1 Å². The van der Waals surface area contributed by atoms with Crippen molar-refractivity contribution >= 4 is 23.0 Å². The van der Waals surface area contributed by atoms with Gasteiger partial charge in [-0.3, -0.25) is 0 Å². The Morgan fingerprint density at radius 2 is 2.22 bits per heavy atom. The summed E-state index contributed by atoms with van der Waals surface area (Å²) in [5, 5.41) is 0. The molecule has 4 heteroatoms. The molecule has 3 nitrogen and oxygen atoms in total. The Kier molecular flexibility index (Phi) is 3.85. The van der Waals surface area contributed by atoms with Crippen LogP contribution in [-0.4, -0.2) is 22.1 Å². The third-order valence-corrected chi connectivity index (χ3v) is 4.00. The molecule has 2 heterocycles. The maximum atomic E-state index is 5.83. The first-order valence-corrected chi connectivity index (χ1v) is 7.01. The van der Waals surface area contributed by atoms with E-state index >= 15 is 0 Å². The molecule has 1 aliphatic heterocycles. The average molecular weight is 263 g/mol. The molecule has 0 bridgehead atoms. The third kappa shape index (κ3) is 2.34. The molecule has 1 saturated heterocycles. The molecule has 1 aliphatic rings. The van der Waals surface area contributed by atoms with Crippen molar-refractivity contribution < 1.29 is 0 Å². The van der Waals surface area contributed by atoms with Gasteiger partial charge < -0.3 is 10.6 Å². The Morgan fingerprint density at radius 1 is 1.50 bits per heavy atom. The van der Waals surface area contributed by atoms with Crippen LogP contribution < -0.4 is 10.6 Å². The minimum Gasteiger partial charge on any atom is -0.389 e. The molecule has 2 atom stereocenters. The van der Waals surface area contributed by atoms with E-state index in [2.05, 4.69) is 23.7 Å². The number of hydrogen-bond donors (Lipinski definition) is 1. The van der Waals surface area contributed by atoms with Crippen LogP contribution in [0.3, 0.4) is 0 Å². The van der Waals surface area contributed by atoms with Gasteiger partial charge in [-0.25, -0.2) is 4.98 Å². The fourth-order valence-electron chi connectivity index (χ4n) is 2.79. The zero-order chi connectivity index (χ0) is 13.3. The summed E-state index contributed by atoms with van der Waals surface area (Å²) < 4.78 is 0. The van der Waals surface area contributed by atoms with Crippen molar-refractivity contribution in [1.29, 1.82) is 0 Å². The number of thiocarbonyl (C=S) groups is 1. The smallest absolute Gasteiger partial charge is 0.139 e. The molecule has 0 spiro atoms. The topological polar surface area (TPSA) is 42.2 Å². The van der Waals surface area contributed by atoms with Crippen molar-refractivity contribution in [3.63, 3.8) is 0 Å². The van der Waals surface area contributed by atoms with Crippen LogP contribution in [0.4, 0.5) is 5.82 Å². The van der Waals surface area contributed by atoms with Gasteiger partial charge in [-0.15, -0.1) is 0 Å².